The van der Waals surface area contributed by atoms with Crippen LogP contribution in [0.3, 0.4) is 0 Å². The molecular formula is C21H38N4O7. The number of nitrogens with two attached hydrogens (primary N) is 1. The second-order valence-electron chi connectivity index (χ2n) is 9.03. The third-order valence-corrected chi connectivity index (χ3v) is 4.82. The Labute approximate surface area is 188 Å². The van der Waals surface area contributed by atoms with Crippen LogP contribution in [-0.2, 0) is 24.0 Å². The number of carbonyl (C=O) groups excluding carboxylic acids is 3. The van der Waals surface area contributed by atoms with Gasteiger partial charge in [-0.1, -0.05) is 41.5 Å². The van der Waals surface area contributed by atoms with E-state index in [4.69, 9.17) is 10.8 Å². The Morgan fingerprint density at radius 1 is 0.750 bits per heavy atom. The van der Waals surface area contributed by atoms with Gasteiger partial charge < -0.3 is 31.9 Å². The van der Waals surface area contributed by atoms with Crippen LogP contribution in [0.25, 0.3) is 0 Å². The SMILES string of the molecule is CC(C)CC(N)C(=O)NC(CCC(=O)O)C(=O)NC(C(=O)NC(C(=O)O)C(C)C)C(C)C. The van der Waals surface area contributed by atoms with Gasteiger partial charge >= 0.3 is 11.9 Å². The third-order valence-electron chi connectivity index (χ3n) is 4.82. The lowest BCUT2D eigenvalue weighted by Crippen LogP contribution is -2.59. The van der Waals surface area contributed by atoms with Crippen molar-refractivity contribution in [3.05, 3.63) is 0 Å². The number of nitrogens with one attached hydrogen (secondary N) is 3. The van der Waals surface area contributed by atoms with Gasteiger partial charge in [-0.2, -0.15) is 0 Å². The monoisotopic (exact) mass is 458 g/mol. The van der Waals surface area contributed by atoms with Gasteiger partial charge in [-0.05, 0) is 30.6 Å². The van der Waals surface area contributed by atoms with Crippen molar-refractivity contribution < 1.29 is 34.2 Å². The molecule has 0 aromatic carbocycles. The zero-order valence-corrected chi connectivity index (χ0v) is 19.7. The Hall–Kier alpha value is -2.69. The van der Waals surface area contributed by atoms with Crippen molar-refractivity contribution in [1.82, 2.24) is 16.0 Å². The van der Waals surface area contributed by atoms with Gasteiger partial charge in [0.05, 0.1) is 6.04 Å². The molecule has 11 heteroatoms. The molecule has 0 heterocycles. The molecule has 32 heavy (non-hydrogen) atoms. The number of hydrogen-bond acceptors (Lipinski definition) is 6. The maximum atomic E-state index is 12.9. The Balaban J connectivity index is 5.47. The number of carboxylic acids is 2. The topological polar surface area (TPSA) is 188 Å². The molecule has 0 saturated heterocycles. The number of carbonyl (C=O) groups is 5. The fourth-order valence-corrected chi connectivity index (χ4v) is 2.98. The molecule has 0 spiro atoms. The Morgan fingerprint density at radius 2 is 1.25 bits per heavy atom. The predicted molar refractivity (Wildman–Crippen MR) is 117 cm³/mol. The molecule has 0 radical (unpaired) electrons. The summed E-state index contributed by atoms with van der Waals surface area (Å²) in [5.74, 6) is -5.03. The van der Waals surface area contributed by atoms with E-state index in [1.54, 1.807) is 27.7 Å². The van der Waals surface area contributed by atoms with Crippen molar-refractivity contribution in [2.24, 2.45) is 23.5 Å². The smallest absolute Gasteiger partial charge is 0.326 e. The minimum absolute atomic E-state index is 0.138. The van der Waals surface area contributed by atoms with Crippen molar-refractivity contribution in [3.63, 3.8) is 0 Å². The lowest BCUT2D eigenvalue weighted by atomic mass is 9.99. The third kappa shape index (κ3) is 10.6. The molecule has 0 aliphatic heterocycles. The number of aliphatic carboxylic acids is 2. The standard InChI is InChI=1S/C21H38N4O7/c1-10(2)9-13(22)18(28)23-14(7-8-15(26)27)19(29)24-16(11(3)4)20(30)25-17(12(5)6)21(31)32/h10-14,16-17H,7-9,22H2,1-6H3,(H,23,28)(H,24,29)(H,25,30)(H,26,27)(H,31,32). The maximum absolute atomic E-state index is 12.9. The molecule has 0 aliphatic rings. The van der Waals surface area contributed by atoms with Crippen LogP contribution in [0.4, 0.5) is 0 Å². The van der Waals surface area contributed by atoms with Gasteiger partial charge in [-0.3, -0.25) is 19.2 Å². The molecule has 4 unspecified atom stereocenters. The first-order valence-electron chi connectivity index (χ1n) is 10.8. The van der Waals surface area contributed by atoms with Gasteiger partial charge in [-0.15, -0.1) is 0 Å². The van der Waals surface area contributed by atoms with E-state index in [1.807, 2.05) is 13.8 Å². The van der Waals surface area contributed by atoms with Crippen molar-refractivity contribution in [1.29, 1.82) is 0 Å². The highest BCUT2D eigenvalue weighted by Crippen LogP contribution is 2.09. The van der Waals surface area contributed by atoms with E-state index < -0.39 is 59.7 Å². The van der Waals surface area contributed by atoms with Crippen LogP contribution < -0.4 is 21.7 Å². The maximum Gasteiger partial charge on any atom is 0.326 e. The van der Waals surface area contributed by atoms with Crippen molar-refractivity contribution in [2.45, 2.75) is 85.0 Å². The summed E-state index contributed by atoms with van der Waals surface area (Å²) in [6.45, 7) is 10.4. The van der Waals surface area contributed by atoms with Crippen LogP contribution in [-0.4, -0.2) is 64.0 Å². The number of carboxylic acid groups (broad SMARTS) is 2. The van der Waals surface area contributed by atoms with E-state index >= 15 is 0 Å². The number of rotatable bonds is 14. The van der Waals surface area contributed by atoms with Crippen molar-refractivity contribution in [3.8, 4) is 0 Å². The summed E-state index contributed by atoms with van der Waals surface area (Å²) in [6, 6.07) is -4.32. The molecule has 184 valence electrons. The summed E-state index contributed by atoms with van der Waals surface area (Å²) in [7, 11) is 0. The van der Waals surface area contributed by atoms with Crippen LogP contribution in [0, 0.1) is 17.8 Å². The van der Waals surface area contributed by atoms with Crippen molar-refractivity contribution >= 4 is 29.7 Å². The van der Waals surface area contributed by atoms with E-state index in [1.165, 1.54) is 0 Å². The fourth-order valence-electron chi connectivity index (χ4n) is 2.98. The molecular weight excluding hydrogens is 420 g/mol. The molecule has 0 saturated carbocycles. The summed E-state index contributed by atoms with van der Waals surface area (Å²) in [4.78, 5) is 60.3. The highest BCUT2D eigenvalue weighted by molar-refractivity contribution is 5.94. The zero-order chi connectivity index (χ0) is 25.2. The Bertz CT molecular complexity index is 679. The van der Waals surface area contributed by atoms with Crippen molar-refractivity contribution in [2.75, 3.05) is 0 Å². The van der Waals surface area contributed by atoms with Gasteiger partial charge in [0.25, 0.3) is 0 Å². The van der Waals surface area contributed by atoms with Crippen LogP contribution in [0.2, 0.25) is 0 Å². The van der Waals surface area contributed by atoms with E-state index in [0.29, 0.717) is 6.42 Å². The average molecular weight is 459 g/mol. The highest BCUT2D eigenvalue weighted by atomic mass is 16.4. The van der Waals surface area contributed by atoms with Gasteiger partial charge in [0.15, 0.2) is 0 Å². The molecule has 0 bridgehead atoms. The first-order chi connectivity index (χ1) is 14.7. The molecule has 0 aromatic heterocycles. The zero-order valence-electron chi connectivity index (χ0n) is 19.7. The molecule has 7 N–H and O–H groups in total. The summed E-state index contributed by atoms with van der Waals surface area (Å²) >= 11 is 0. The molecule has 0 fully saturated rings. The average Bonchev–Trinajstić information content (AvgIpc) is 2.65. The van der Waals surface area contributed by atoms with E-state index in [2.05, 4.69) is 16.0 Å². The van der Waals surface area contributed by atoms with E-state index in [-0.39, 0.29) is 24.7 Å². The number of hydrogen-bond donors (Lipinski definition) is 6. The minimum Gasteiger partial charge on any atom is -0.481 e. The van der Waals surface area contributed by atoms with E-state index in [9.17, 15) is 29.1 Å². The second-order valence-corrected chi connectivity index (χ2v) is 9.03. The van der Waals surface area contributed by atoms with Gasteiger partial charge in [-0.25, -0.2) is 4.79 Å². The first-order valence-corrected chi connectivity index (χ1v) is 10.8. The van der Waals surface area contributed by atoms with Crippen LogP contribution in [0.1, 0.15) is 60.8 Å². The Kier molecular flexibility index (Phi) is 12.5. The lowest BCUT2D eigenvalue weighted by Gasteiger charge is -2.27. The normalized spacial score (nSPS) is 15.1. The molecule has 0 aromatic rings. The predicted octanol–water partition coefficient (Wildman–Crippen LogP) is 0.0756. The van der Waals surface area contributed by atoms with Gasteiger partial charge in [0, 0.05) is 6.42 Å². The molecule has 4 atom stereocenters. The molecule has 3 amide bonds. The summed E-state index contributed by atoms with van der Waals surface area (Å²) < 4.78 is 0. The van der Waals surface area contributed by atoms with Gasteiger partial charge in [0.1, 0.15) is 18.1 Å². The van der Waals surface area contributed by atoms with Crippen LogP contribution >= 0.6 is 0 Å². The fraction of sp³-hybridized carbons (Fsp3) is 0.762. The van der Waals surface area contributed by atoms with Crippen LogP contribution in [0.5, 0.6) is 0 Å². The lowest BCUT2D eigenvalue weighted by molar-refractivity contribution is -0.143. The quantitative estimate of drug-likeness (QED) is 0.211. The first kappa shape index (κ1) is 29.3. The largest absolute Gasteiger partial charge is 0.481 e. The molecule has 11 nitrogen and oxygen atoms in total. The van der Waals surface area contributed by atoms with E-state index in [0.717, 1.165) is 0 Å². The molecule has 0 rings (SSSR count). The summed E-state index contributed by atoms with van der Waals surface area (Å²) in [5, 5.41) is 25.7. The minimum atomic E-state index is -1.22. The van der Waals surface area contributed by atoms with Gasteiger partial charge in [0.2, 0.25) is 17.7 Å². The van der Waals surface area contributed by atoms with Crippen LogP contribution in [0.15, 0.2) is 0 Å². The Morgan fingerprint density at radius 3 is 1.66 bits per heavy atom. The molecule has 0 aliphatic carbocycles. The number of amides is 3. The second kappa shape index (κ2) is 13.7. The summed E-state index contributed by atoms with van der Waals surface area (Å²) in [5.41, 5.74) is 5.85. The highest BCUT2D eigenvalue weighted by Gasteiger charge is 2.33. The summed E-state index contributed by atoms with van der Waals surface area (Å²) in [6.07, 6.45) is -0.204.